The number of ether oxygens (including phenoxy) is 1. The number of aromatic nitrogens is 2. The van der Waals surface area contributed by atoms with Gasteiger partial charge in [-0.1, -0.05) is 13.8 Å². The van der Waals surface area contributed by atoms with Gasteiger partial charge in [0.1, 0.15) is 5.75 Å². The topological polar surface area (TPSA) is 64.3 Å². The Morgan fingerprint density at radius 3 is 2.58 bits per heavy atom. The lowest BCUT2D eigenvalue weighted by molar-refractivity contribution is -0.139. The van der Waals surface area contributed by atoms with Crippen LogP contribution in [0.5, 0.6) is 5.75 Å². The van der Waals surface area contributed by atoms with Gasteiger partial charge in [-0.25, -0.2) is 9.78 Å². The van der Waals surface area contributed by atoms with Crippen LogP contribution in [0, 0.1) is 0 Å². The van der Waals surface area contributed by atoms with Crippen molar-refractivity contribution in [1.82, 2.24) is 9.55 Å². The summed E-state index contributed by atoms with van der Waals surface area (Å²) in [6.45, 7) is 3.85. The molecular weight excluding hydrogens is 244 g/mol. The second-order valence-electron chi connectivity index (χ2n) is 4.54. The molecule has 0 saturated heterocycles. The highest BCUT2D eigenvalue weighted by atomic mass is 16.5. The van der Waals surface area contributed by atoms with Gasteiger partial charge in [0.15, 0.2) is 6.61 Å². The van der Waals surface area contributed by atoms with Gasteiger partial charge >= 0.3 is 5.97 Å². The number of carbonyl (C=O) groups is 1. The van der Waals surface area contributed by atoms with Gasteiger partial charge in [0.05, 0.1) is 12.0 Å². The molecule has 2 aromatic rings. The van der Waals surface area contributed by atoms with Crippen molar-refractivity contribution in [3.05, 3.63) is 42.5 Å². The zero-order valence-corrected chi connectivity index (χ0v) is 10.9. The molecule has 1 aromatic carbocycles. The molecule has 1 aromatic heterocycles. The summed E-state index contributed by atoms with van der Waals surface area (Å²) in [6, 6.07) is 7.21. The predicted molar refractivity (Wildman–Crippen MR) is 70.8 cm³/mol. The van der Waals surface area contributed by atoms with Crippen LogP contribution in [-0.2, 0) is 4.79 Å². The Bertz CT molecular complexity index is 558. The van der Waals surface area contributed by atoms with Gasteiger partial charge in [-0.15, -0.1) is 0 Å². The van der Waals surface area contributed by atoms with E-state index in [1.54, 1.807) is 18.5 Å². The van der Waals surface area contributed by atoms with Crippen LogP contribution in [0.2, 0.25) is 0 Å². The van der Waals surface area contributed by atoms with Gasteiger partial charge in [0.25, 0.3) is 0 Å². The number of carboxylic acid groups (broad SMARTS) is 1. The quantitative estimate of drug-likeness (QED) is 0.896. The molecule has 5 heteroatoms. The van der Waals surface area contributed by atoms with Crippen molar-refractivity contribution in [3.8, 4) is 11.4 Å². The van der Waals surface area contributed by atoms with E-state index in [1.807, 2.05) is 22.9 Å². The second kappa shape index (κ2) is 5.56. The first kappa shape index (κ1) is 13.1. The van der Waals surface area contributed by atoms with Crippen molar-refractivity contribution >= 4 is 5.97 Å². The van der Waals surface area contributed by atoms with Gasteiger partial charge < -0.3 is 14.4 Å². The number of hydrogen-bond donors (Lipinski definition) is 1. The molecule has 0 aliphatic carbocycles. The molecule has 1 N–H and O–H groups in total. The molecular formula is C14H16N2O3. The smallest absolute Gasteiger partial charge is 0.341 e. The molecule has 0 aliphatic heterocycles. The third-order valence-corrected chi connectivity index (χ3v) is 2.69. The Morgan fingerprint density at radius 1 is 1.37 bits per heavy atom. The SMILES string of the molecule is CC(C)c1cn(-c2ccc(OCC(=O)O)cc2)cn1. The van der Waals surface area contributed by atoms with E-state index in [1.165, 1.54) is 0 Å². The van der Waals surface area contributed by atoms with Crippen molar-refractivity contribution in [2.75, 3.05) is 6.61 Å². The molecule has 19 heavy (non-hydrogen) atoms. The van der Waals surface area contributed by atoms with E-state index >= 15 is 0 Å². The molecule has 5 nitrogen and oxygen atoms in total. The average Bonchev–Trinajstić information content (AvgIpc) is 2.86. The molecule has 0 unspecified atom stereocenters. The number of carboxylic acids is 1. The van der Waals surface area contributed by atoms with Crippen molar-refractivity contribution in [1.29, 1.82) is 0 Å². The summed E-state index contributed by atoms with van der Waals surface area (Å²) in [7, 11) is 0. The van der Waals surface area contributed by atoms with Crippen LogP contribution in [0.25, 0.3) is 5.69 Å². The Hall–Kier alpha value is -2.30. The first-order valence-electron chi connectivity index (χ1n) is 6.05. The molecule has 0 radical (unpaired) electrons. The molecule has 0 saturated carbocycles. The lowest BCUT2D eigenvalue weighted by Gasteiger charge is -2.05. The minimum Gasteiger partial charge on any atom is -0.482 e. The zero-order valence-electron chi connectivity index (χ0n) is 10.9. The van der Waals surface area contributed by atoms with Crippen LogP contribution in [0.3, 0.4) is 0 Å². The molecule has 2 rings (SSSR count). The van der Waals surface area contributed by atoms with E-state index < -0.39 is 5.97 Å². The predicted octanol–water partition coefficient (Wildman–Crippen LogP) is 2.46. The van der Waals surface area contributed by atoms with E-state index in [9.17, 15) is 4.79 Å². The van der Waals surface area contributed by atoms with Gasteiger partial charge in [0.2, 0.25) is 0 Å². The highest BCUT2D eigenvalue weighted by molar-refractivity contribution is 5.68. The maximum absolute atomic E-state index is 10.4. The Balaban J connectivity index is 2.10. The standard InChI is InChI=1S/C14H16N2O3/c1-10(2)13-7-16(9-15-13)11-3-5-12(6-4-11)19-8-14(17)18/h3-7,9-10H,8H2,1-2H3,(H,17,18). The third kappa shape index (κ3) is 3.34. The average molecular weight is 260 g/mol. The molecule has 0 spiro atoms. The van der Waals surface area contributed by atoms with Crippen molar-refractivity contribution in [2.45, 2.75) is 19.8 Å². The summed E-state index contributed by atoms with van der Waals surface area (Å²) < 4.78 is 7.00. The number of aliphatic carboxylic acids is 1. The molecule has 100 valence electrons. The molecule has 1 heterocycles. The first-order chi connectivity index (χ1) is 9.06. The minimum atomic E-state index is -0.986. The lowest BCUT2D eigenvalue weighted by Crippen LogP contribution is -2.09. The maximum atomic E-state index is 10.4. The minimum absolute atomic E-state index is 0.331. The monoisotopic (exact) mass is 260 g/mol. The van der Waals surface area contributed by atoms with E-state index in [4.69, 9.17) is 9.84 Å². The number of imidazole rings is 1. The summed E-state index contributed by atoms with van der Waals surface area (Å²) in [5.41, 5.74) is 1.99. The molecule has 0 aliphatic rings. The van der Waals surface area contributed by atoms with E-state index in [0.29, 0.717) is 11.7 Å². The Kier molecular flexibility index (Phi) is 3.85. The first-order valence-corrected chi connectivity index (χ1v) is 6.05. The number of benzene rings is 1. The number of rotatable bonds is 5. The van der Waals surface area contributed by atoms with Crippen LogP contribution >= 0.6 is 0 Å². The van der Waals surface area contributed by atoms with Crippen molar-refractivity contribution < 1.29 is 14.6 Å². The van der Waals surface area contributed by atoms with Crippen molar-refractivity contribution in [2.24, 2.45) is 0 Å². The highest BCUT2D eigenvalue weighted by Crippen LogP contribution is 2.18. The summed E-state index contributed by atoms with van der Waals surface area (Å²) in [5, 5.41) is 8.52. The lowest BCUT2D eigenvalue weighted by atomic mass is 10.2. The Morgan fingerprint density at radius 2 is 2.05 bits per heavy atom. The summed E-state index contributed by atoms with van der Waals surface area (Å²) in [4.78, 5) is 14.7. The fourth-order valence-corrected chi connectivity index (χ4v) is 1.64. The highest BCUT2D eigenvalue weighted by Gasteiger charge is 2.05. The van der Waals surface area contributed by atoms with Gasteiger partial charge in [-0.05, 0) is 30.2 Å². The molecule has 0 fully saturated rings. The fraction of sp³-hybridized carbons (Fsp3) is 0.286. The summed E-state index contributed by atoms with van der Waals surface area (Å²) in [6.07, 6.45) is 3.75. The van der Waals surface area contributed by atoms with E-state index in [2.05, 4.69) is 18.8 Å². The van der Waals surface area contributed by atoms with E-state index in [0.717, 1.165) is 11.4 Å². The number of hydrogen-bond acceptors (Lipinski definition) is 3. The van der Waals surface area contributed by atoms with Crippen LogP contribution < -0.4 is 4.74 Å². The second-order valence-corrected chi connectivity index (χ2v) is 4.54. The summed E-state index contributed by atoms with van der Waals surface area (Å²) in [5.74, 6) is -0.0602. The normalized spacial score (nSPS) is 10.7. The van der Waals surface area contributed by atoms with Crippen LogP contribution in [0.1, 0.15) is 25.5 Å². The van der Waals surface area contributed by atoms with Crippen LogP contribution in [-0.4, -0.2) is 27.2 Å². The number of nitrogens with zero attached hydrogens (tertiary/aromatic N) is 2. The van der Waals surface area contributed by atoms with Gasteiger partial charge in [-0.2, -0.15) is 0 Å². The summed E-state index contributed by atoms with van der Waals surface area (Å²) >= 11 is 0. The van der Waals surface area contributed by atoms with Crippen LogP contribution in [0.4, 0.5) is 0 Å². The molecule has 0 atom stereocenters. The van der Waals surface area contributed by atoms with Crippen LogP contribution in [0.15, 0.2) is 36.8 Å². The van der Waals surface area contributed by atoms with Gasteiger partial charge in [-0.3, -0.25) is 0 Å². The van der Waals surface area contributed by atoms with E-state index in [-0.39, 0.29) is 6.61 Å². The van der Waals surface area contributed by atoms with Gasteiger partial charge in [0, 0.05) is 11.9 Å². The van der Waals surface area contributed by atoms with Crippen molar-refractivity contribution in [3.63, 3.8) is 0 Å². The Labute approximate surface area is 111 Å². The fourth-order valence-electron chi connectivity index (χ4n) is 1.64. The zero-order chi connectivity index (χ0) is 13.8. The largest absolute Gasteiger partial charge is 0.482 e. The molecule has 0 bridgehead atoms. The maximum Gasteiger partial charge on any atom is 0.341 e. The third-order valence-electron chi connectivity index (χ3n) is 2.69. The molecule has 0 amide bonds.